The maximum atomic E-state index is 12.6. The Bertz CT molecular complexity index is 752. The van der Waals surface area contributed by atoms with Crippen LogP contribution in [0.1, 0.15) is 25.8 Å². The third kappa shape index (κ3) is 3.62. The van der Waals surface area contributed by atoms with Crippen molar-refractivity contribution in [2.24, 2.45) is 5.92 Å². The number of hydrogen-bond donors (Lipinski definition) is 3. The van der Waals surface area contributed by atoms with Gasteiger partial charge in [0.2, 0.25) is 11.8 Å². The first-order chi connectivity index (χ1) is 12.3. The van der Waals surface area contributed by atoms with E-state index in [4.69, 9.17) is 11.6 Å². The normalized spacial score (nSPS) is 25.1. The summed E-state index contributed by atoms with van der Waals surface area (Å²) in [5.41, 5.74) is 1.52. The molecule has 2 fully saturated rings. The highest BCUT2D eigenvalue weighted by Gasteiger charge is 2.47. The monoisotopic (exact) mass is 378 g/mol. The quantitative estimate of drug-likeness (QED) is 0.750. The number of carbonyl (C=O) groups excluding carboxylic acids is 3. The van der Waals surface area contributed by atoms with Gasteiger partial charge in [-0.15, -0.1) is 0 Å². The first-order valence-electron chi connectivity index (χ1n) is 8.70. The molecule has 3 N–H and O–H groups in total. The molecule has 1 aromatic carbocycles. The van der Waals surface area contributed by atoms with Crippen molar-refractivity contribution < 1.29 is 14.4 Å². The van der Waals surface area contributed by atoms with Gasteiger partial charge >= 0.3 is 6.03 Å². The number of nitrogens with one attached hydrogen (secondary N) is 3. The number of halogens is 1. The summed E-state index contributed by atoms with van der Waals surface area (Å²) in [5.74, 6) is -0.216. The molecule has 0 spiro atoms. The van der Waals surface area contributed by atoms with Crippen LogP contribution in [0.15, 0.2) is 18.2 Å². The highest BCUT2D eigenvalue weighted by atomic mass is 35.5. The van der Waals surface area contributed by atoms with E-state index < -0.39 is 12.1 Å². The number of fused-ring (bicyclic) bond motifs is 1. The van der Waals surface area contributed by atoms with E-state index in [2.05, 4.69) is 16.0 Å². The van der Waals surface area contributed by atoms with Crippen LogP contribution in [0.25, 0.3) is 0 Å². The van der Waals surface area contributed by atoms with Gasteiger partial charge in [-0.3, -0.25) is 9.59 Å². The standard InChI is InChI=1S/C18H23ClN4O3/c1-9(2)15-17(25)23-8-12(7-14(23)16(24)22-15)20-18(26)21-13-6-11(19)5-4-10(13)3/h4-6,9,12,14-15H,7-8H2,1-3H3,(H,22,24)(H2,20,21,26)/t12-,14-,15-/m0/s1. The van der Waals surface area contributed by atoms with Crippen molar-refractivity contribution in [2.75, 3.05) is 11.9 Å². The Balaban J connectivity index is 1.64. The highest BCUT2D eigenvalue weighted by Crippen LogP contribution is 2.25. The van der Waals surface area contributed by atoms with Gasteiger partial charge in [0.15, 0.2) is 0 Å². The van der Waals surface area contributed by atoms with E-state index in [-0.39, 0.29) is 29.8 Å². The Morgan fingerprint density at radius 2 is 2.08 bits per heavy atom. The minimum Gasteiger partial charge on any atom is -0.342 e. The molecule has 4 amide bonds. The first-order valence-corrected chi connectivity index (χ1v) is 9.08. The van der Waals surface area contributed by atoms with Gasteiger partial charge in [0.1, 0.15) is 12.1 Å². The fourth-order valence-corrected chi connectivity index (χ4v) is 3.62. The molecule has 140 valence electrons. The lowest BCUT2D eigenvalue weighted by Gasteiger charge is -2.36. The van der Waals surface area contributed by atoms with Crippen LogP contribution in [0.4, 0.5) is 10.5 Å². The molecule has 26 heavy (non-hydrogen) atoms. The van der Waals surface area contributed by atoms with Crippen LogP contribution < -0.4 is 16.0 Å². The number of aryl methyl sites for hydroxylation is 1. The summed E-state index contributed by atoms with van der Waals surface area (Å²) in [7, 11) is 0. The minimum atomic E-state index is -0.518. The van der Waals surface area contributed by atoms with Crippen LogP contribution in [0.3, 0.4) is 0 Å². The summed E-state index contributed by atoms with van der Waals surface area (Å²) in [6, 6.07) is 3.58. The Hall–Kier alpha value is -2.28. The maximum absolute atomic E-state index is 12.6. The molecule has 0 unspecified atom stereocenters. The Labute approximate surface area is 157 Å². The predicted octanol–water partition coefficient (Wildman–Crippen LogP) is 1.89. The van der Waals surface area contributed by atoms with Gasteiger partial charge < -0.3 is 20.9 Å². The highest BCUT2D eigenvalue weighted by molar-refractivity contribution is 6.31. The molecule has 2 aliphatic heterocycles. The zero-order chi connectivity index (χ0) is 19.0. The van der Waals surface area contributed by atoms with Crippen LogP contribution in [-0.4, -0.2) is 47.4 Å². The van der Waals surface area contributed by atoms with Gasteiger partial charge in [-0.05, 0) is 37.0 Å². The fraction of sp³-hybridized carbons (Fsp3) is 0.500. The summed E-state index contributed by atoms with van der Waals surface area (Å²) < 4.78 is 0. The van der Waals surface area contributed by atoms with Crippen molar-refractivity contribution >= 4 is 35.1 Å². The molecule has 0 saturated carbocycles. The molecule has 2 aliphatic rings. The lowest BCUT2D eigenvalue weighted by atomic mass is 9.98. The molecule has 7 nitrogen and oxygen atoms in total. The number of piperazine rings is 1. The van der Waals surface area contributed by atoms with E-state index in [0.29, 0.717) is 23.7 Å². The molecule has 0 radical (unpaired) electrons. The average Bonchev–Trinajstić information content (AvgIpc) is 2.98. The van der Waals surface area contributed by atoms with Gasteiger partial charge in [-0.25, -0.2) is 4.79 Å². The molecule has 8 heteroatoms. The van der Waals surface area contributed by atoms with E-state index in [1.807, 2.05) is 26.8 Å². The van der Waals surface area contributed by atoms with Crippen molar-refractivity contribution in [2.45, 2.75) is 45.3 Å². The van der Waals surface area contributed by atoms with E-state index in [1.54, 1.807) is 17.0 Å². The third-order valence-electron chi connectivity index (χ3n) is 4.90. The minimum absolute atomic E-state index is 0.0218. The smallest absolute Gasteiger partial charge is 0.319 e. The predicted molar refractivity (Wildman–Crippen MR) is 99.0 cm³/mol. The van der Waals surface area contributed by atoms with Gasteiger partial charge in [-0.1, -0.05) is 31.5 Å². The average molecular weight is 379 g/mol. The Morgan fingerprint density at radius 3 is 2.77 bits per heavy atom. The molecule has 0 bridgehead atoms. The van der Waals surface area contributed by atoms with E-state index >= 15 is 0 Å². The topological polar surface area (TPSA) is 90.5 Å². The van der Waals surface area contributed by atoms with Crippen molar-refractivity contribution in [3.63, 3.8) is 0 Å². The summed E-state index contributed by atoms with van der Waals surface area (Å²) in [4.78, 5) is 38.7. The summed E-state index contributed by atoms with van der Waals surface area (Å²) in [6.07, 6.45) is 0.407. The van der Waals surface area contributed by atoms with Gasteiger partial charge in [0.25, 0.3) is 0 Å². The van der Waals surface area contributed by atoms with Crippen LogP contribution in [0.5, 0.6) is 0 Å². The van der Waals surface area contributed by atoms with E-state index in [9.17, 15) is 14.4 Å². The largest absolute Gasteiger partial charge is 0.342 e. The third-order valence-corrected chi connectivity index (χ3v) is 5.14. The van der Waals surface area contributed by atoms with Crippen molar-refractivity contribution in [3.8, 4) is 0 Å². The first kappa shape index (κ1) is 18.5. The molecule has 2 saturated heterocycles. The Kier molecular flexibility index (Phi) is 5.09. The summed E-state index contributed by atoms with van der Waals surface area (Å²) in [5, 5.41) is 8.94. The SMILES string of the molecule is Cc1ccc(Cl)cc1NC(=O)N[C@H]1C[C@H]2C(=O)N[C@@H](C(C)C)C(=O)N2C1. The number of hydrogen-bond acceptors (Lipinski definition) is 3. The van der Waals surface area contributed by atoms with E-state index in [0.717, 1.165) is 5.56 Å². The number of rotatable bonds is 3. The van der Waals surface area contributed by atoms with Crippen LogP contribution in [-0.2, 0) is 9.59 Å². The molecule has 1 aromatic rings. The number of nitrogens with zero attached hydrogens (tertiary/aromatic N) is 1. The zero-order valence-corrected chi connectivity index (χ0v) is 15.8. The summed E-state index contributed by atoms with van der Waals surface area (Å²) in [6.45, 7) is 6.00. The van der Waals surface area contributed by atoms with Crippen molar-refractivity contribution in [1.82, 2.24) is 15.5 Å². The van der Waals surface area contributed by atoms with Gasteiger partial charge in [0, 0.05) is 17.3 Å². The fourth-order valence-electron chi connectivity index (χ4n) is 3.45. The van der Waals surface area contributed by atoms with Crippen LogP contribution in [0, 0.1) is 12.8 Å². The van der Waals surface area contributed by atoms with Gasteiger partial charge in [0.05, 0.1) is 6.04 Å². The van der Waals surface area contributed by atoms with Crippen LogP contribution in [0.2, 0.25) is 5.02 Å². The second-order valence-corrected chi connectivity index (χ2v) is 7.66. The molecular weight excluding hydrogens is 356 g/mol. The number of amides is 4. The molecular formula is C18H23ClN4O3. The number of urea groups is 1. The van der Waals surface area contributed by atoms with Crippen molar-refractivity contribution in [1.29, 1.82) is 0 Å². The van der Waals surface area contributed by atoms with Crippen LogP contribution >= 0.6 is 11.6 Å². The van der Waals surface area contributed by atoms with Crippen molar-refractivity contribution in [3.05, 3.63) is 28.8 Å². The molecule has 3 rings (SSSR count). The lowest BCUT2D eigenvalue weighted by molar-refractivity contribution is -0.148. The molecule has 0 aliphatic carbocycles. The number of anilines is 1. The van der Waals surface area contributed by atoms with E-state index in [1.165, 1.54) is 0 Å². The second kappa shape index (κ2) is 7.15. The maximum Gasteiger partial charge on any atom is 0.319 e. The summed E-state index contributed by atoms with van der Waals surface area (Å²) >= 11 is 5.96. The second-order valence-electron chi connectivity index (χ2n) is 7.23. The Morgan fingerprint density at radius 1 is 1.35 bits per heavy atom. The lowest BCUT2D eigenvalue weighted by Crippen LogP contribution is -2.62. The zero-order valence-electron chi connectivity index (χ0n) is 15.0. The molecule has 0 aromatic heterocycles. The molecule has 3 atom stereocenters. The van der Waals surface area contributed by atoms with Gasteiger partial charge in [-0.2, -0.15) is 0 Å². The number of benzene rings is 1. The number of carbonyl (C=O) groups is 3. The molecule has 2 heterocycles.